The van der Waals surface area contributed by atoms with Gasteiger partial charge in [0.1, 0.15) is 34.7 Å². The summed E-state index contributed by atoms with van der Waals surface area (Å²) in [4.78, 5) is 50.2. The van der Waals surface area contributed by atoms with Crippen molar-refractivity contribution in [3.05, 3.63) is 82.4 Å². The summed E-state index contributed by atoms with van der Waals surface area (Å²) >= 11 is 0. The van der Waals surface area contributed by atoms with E-state index in [0.29, 0.717) is 12.0 Å². The number of carboxylic acids is 1. The Kier molecular flexibility index (Phi) is 6.80. The van der Waals surface area contributed by atoms with Crippen molar-refractivity contribution in [1.82, 2.24) is 5.32 Å². The van der Waals surface area contributed by atoms with Crippen LogP contribution in [0.25, 0.3) is 0 Å². The van der Waals surface area contributed by atoms with E-state index < -0.39 is 57.8 Å². The number of hydrogen-bond acceptors (Lipinski definition) is 9. The molecule has 2 fully saturated rings. The third kappa shape index (κ3) is 4.77. The molecule has 1 amide bonds. The van der Waals surface area contributed by atoms with Crippen molar-refractivity contribution >= 4 is 23.6 Å². The molecule has 6 N–H and O–H groups in total. The van der Waals surface area contributed by atoms with Crippen LogP contribution in [0.1, 0.15) is 66.3 Å². The van der Waals surface area contributed by atoms with E-state index in [-0.39, 0.29) is 35.1 Å². The van der Waals surface area contributed by atoms with Gasteiger partial charge >= 0.3 is 11.9 Å². The topological polar surface area (TPSA) is 191 Å². The minimum atomic E-state index is -1.50. The second kappa shape index (κ2) is 10.3. The summed E-state index contributed by atoms with van der Waals surface area (Å²) in [6, 6.07) is 10.9. The lowest BCUT2D eigenvalue weighted by molar-refractivity contribution is 0.0176. The zero-order valence-corrected chi connectivity index (χ0v) is 20.9. The van der Waals surface area contributed by atoms with Crippen LogP contribution in [-0.2, 0) is 4.74 Å². The molecule has 0 saturated heterocycles. The molecule has 3 aromatic carbocycles. The fourth-order valence-electron chi connectivity index (χ4n) is 5.72. The van der Waals surface area contributed by atoms with Gasteiger partial charge in [0.2, 0.25) is 5.78 Å². The zero-order valence-electron chi connectivity index (χ0n) is 20.9. The zero-order chi connectivity index (χ0) is 28.7. The molecule has 206 valence electrons. The van der Waals surface area contributed by atoms with Gasteiger partial charge < -0.3 is 35.6 Å². The minimum Gasteiger partial charge on any atom is -0.508 e. The van der Waals surface area contributed by atoms with Gasteiger partial charge in [0.15, 0.2) is 0 Å². The van der Waals surface area contributed by atoms with Crippen molar-refractivity contribution in [2.75, 3.05) is 0 Å². The molecule has 40 heavy (non-hydrogen) atoms. The van der Waals surface area contributed by atoms with E-state index in [1.54, 1.807) is 0 Å². The van der Waals surface area contributed by atoms with Gasteiger partial charge in [-0.2, -0.15) is 0 Å². The van der Waals surface area contributed by atoms with E-state index in [1.165, 1.54) is 30.3 Å². The molecule has 0 radical (unpaired) electrons. The highest BCUT2D eigenvalue weighted by atomic mass is 16.5. The molecule has 2 saturated carbocycles. The Morgan fingerprint density at radius 2 is 1.48 bits per heavy atom. The summed E-state index contributed by atoms with van der Waals surface area (Å²) in [5, 5.41) is 53.0. The number of ether oxygens (including phenoxy) is 1. The summed E-state index contributed by atoms with van der Waals surface area (Å²) in [7, 11) is 0. The number of amides is 1. The molecule has 0 spiro atoms. The predicted molar refractivity (Wildman–Crippen MR) is 138 cm³/mol. The van der Waals surface area contributed by atoms with Gasteiger partial charge in [-0.15, -0.1) is 0 Å². The van der Waals surface area contributed by atoms with Crippen LogP contribution in [0.3, 0.4) is 0 Å². The first-order chi connectivity index (χ1) is 19.0. The summed E-state index contributed by atoms with van der Waals surface area (Å²) in [6.45, 7) is 0. The first-order valence-corrected chi connectivity index (χ1v) is 12.5. The van der Waals surface area contributed by atoms with Crippen LogP contribution in [0.5, 0.6) is 23.0 Å². The molecule has 4 atom stereocenters. The molecule has 3 aromatic rings. The Bertz CT molecular complexity index is 1510. The molecule has 11 nitrogen and oxygen atoms in total. The van der Waals surface area contributed by atoms with Crippen LogP contribution in [0, 0.1) is 11.8 Å². The quantitative estimate of drug-likeness (QED) is 0.189. The fraction of sp³-hybridized carbons (Fsp3) is 0.241. The van der Waals surface area contributed by atoms with E-state index in [1.807, 2.05) is 0 Å². The number of aromatic carboxylic acids is 1. The maximum Gasteiger partial charge on any atom is 0.338 e. The fourth-order valence-corrected chi connectivity index (χ4v) is 5.72. The van der Waals surface area contributed by atoms with E-state index in [2.05, 4.69) is 5.32 Å². The highest BCUT2D eigenvalue weighted by Gasteiger charge is 2.51. The number of benzene rings is 3. The molecular formula is C29H25NO10. The Morgan fingerprint density at radius 3 is 2.12 bits per heavy atom. The molecule has 0 heterocycles. The number of nitrogens with one attached hydrogen (secondary N) is 1. The number of phenols is 4. The smallest absolute Gasteiger partial charge is 0.338 e. The normalized spacial score (nSPS) is 21.1. The number of fused-ring (bicyclic) bond motifs is 2. The molecule has 0 aromatic heterocycles. The lowest BCUT2D eigenvalue weighted by atomic mass is 9.95. The number of esters is 1. The Labute approximate surface area is 227 Å². The van der Waals surface area contributed by atoms with Gasteiger partial charge in [0, 0.05) is 17.5 Å². The van der Waals surface area contributed by atoms with E-state index in [9.17, 15) is 44.7 Å². The number of hydrogen-bond donors (Lipinski definition) is 6. The van der Waals surface area contributed by atoms with Crippen molar-refractivity contribution in [3.63, 3.8) is 0 Å². The number of rotatable bonds is 7. The van der Waals surface area contributed by atoms with Gasteiger partial charge in [-0.3, -0.25) is 9.59 Å². The molecular weight excluding hydrogens is 522 g/mol. The van der Waals surface area contributed by atoms with Crippen LogP contribution >= 0.6 is 0 Å². The monoisotopic (exact) mass is 547 g/mol. The average molecular weight is 548 g/mol. The summed E-state index contributed by atoms with van der Waals surface area (Å²) in [5.41, 5.74) is -1.69. The summed E-state index contributed by atoms with van der Waals surface area (Å²) in [6.07, 6.45) is 1.61. The van der Waals surface area contributed by atoms with E-state index in [4.69, 9.17) is 4.74 Å². The van der Waals surface area contributed by atoms with Gasteiger partial charge in [-0.25, -0.2) is 9.59 Å². The molecule has 5 rings (SSSR count). The van der Waals surface area contributed by atoms with Crippen molar-refractivity contribution in [1.29, 1.82) is 0 Å². The van der Waals surface area contributed by atoms with Crippen molar-refractivity contribution in [2.24, 2.45) is 11.8 Å². The summed E-state index contributed by atoms with van der Waals surface area (Å²) in [5.74, 6) is -6.18. The van der Waals surface area contributed by atoms with Crippen LogP contribution < -0.4 is 5.32 Å². The number of aromatic hydroxyl groups is 4. The van der Waals surface area contributed by atoms with E-state index >= 15 is 0 Å². The Hall–Kier alpha value is -5.06. The number of phenolic OH excluding ortho intramolecular Hbond substituents is 4. The SMILES string of the molecule is O=C(NC1CC2CCC1C2OC(=O)c1cc(O)c(C(=O)c2c(O)cccc2C(=O)O)c(O)c1)c1ccc(O)cc1. The van der Waals surface area contributed by atoms with Crippen LogP contribution in [0.15, 0.2) is 54.6 Å². The highest BCUT2D eigenvalue weighted by molar-refractivity contribution is 6.18. The molecule has 11 heteroatoms. The Balaban J connectivity index is 1.32. The second-order valence-electron chi connectivity index (χ2n) is 9.96. The van der Waals surface area contributed by atoms with Crippen LogP contribution in [0.2, 0.25) is 0 Å². The van der Waals surface area contributed by atoms with Crippen LogP contribution in [0.4, 0.5) is 0 Å². The molecule has 2 aliphatic rings. The second-order valence-corrected chi connectivity index (χ2v) is 9.96. The Morgan fingerprint density at radius 1 is 0.800 bits per heavy atom. The highest BCUT2D eigenvalue weighted by Crippen LogP contribution is 2.47. The summed E-state index contributed by atoms with van der Waals surface area (Å²) < 4.78 is 5.73. The van der Waals surface area contributed by atoms with Crippen molar-refractivity contribution in [3.8, 4) is 23.0 Å². The average Bonchev–Trinajstić information content (AvgIpc) is 3.44. The van der Waals surface area contributed by atoms with Gasteiger partial charge in [0.05, 0.1) is 16.7 Å². The lowest BCUT2D eigenvalue weighted by Crippen LogP contribution is -2.40. The van der Waals surface area contributed by atoms with Crippen molar-refractivity contribution in [2.45, 2.75) is 31.4 Å². The molecule has 0 aliphatic heterocycles. The van der Waals surface area contributed by atoms with E-state index in [0.717, 1.165) is 37.1 Å². The van der Waals surface area contributed by atoms with Gasteiger partial charge in [0.25, 0.3) is 5.91 Å². The largest absolute Gasteiger partial charge is 0.508 e. The van der Waals surface area contributed by atoms with Crippen LogP contribution in [-0.4, -0.2) is 61.3 Å². The maximum absolute atomic E-state index is 13.0. The molecule has 2 aliphatic carbocycles. The molecule has 2 bridgehead atoms. The first kappa shape index (κ1) is 26.5. The molecule has 4 unspecified atom stereocenters. The lowest BCUT2D eigenvalue weighted by Gasteiger charge is -2.23. The van der Waals surface area contributed by atoms with Gasteiger partial charge in [-0.1, -0.05) is 6.07 Å². The number of ketones is 1. The maximum atomic E-state index is 13.0. The third-order valence-electron chi connectivity index (χ3n) is 7.58. The number of carbonyl (C=O) groups is 4. The standard InChI is InChI=1S/C29H25NO10/c31-16-7-4-13(5-8-16)27(36)30-19-10-14-6-9-17(19)26(14)40-29(39)15-11-21(33)24(22(34)12-15)25(35)23-18(28(37)38)2-1-3-20(23)32/h1-5,7-8,11-12,14,17,19,26,31-34H,6,9-10H2,(H,30,36)(H,37,38). The third-order valence-corrected chi connectivity index (χ3v) is 7.58. The number of carbonyl (C=O) groups excluding carboxylic acids is 3. The van der Waals surface area contributed by atoms with Gasteiger partial charge in [-0.05, 0) is 73.7 Å². The predicted octanol–water partition coefficient (Wildman–Crippen LogP) is 3.19. The minimum absolute atomic E-state index is 0.00221. The first-order valence-electron chi connectivity index (χ1n) is 12.5. The number of carboxylic acid groups (broad SMARTS) is 1. The van der Waals surface area contributed by atoms with Crippen molar-refractivity contribution < 1.29 is 49.4 Å².